The molecule has 8 nitrogen and oxygen atoms in total. The van der Waals surface area contributed by atoms with Crippen LogP contribution >= 0.6 is 0 Å². The molecule has 30 heavy (non-hydrogen) atoms. The second-order valence-electron chi connectivity index (χ2n) is 8.00. The number of anilines is 1. The second-order valence-corrected chi connectivity index (χ2v) is 8.00. The van der Waals surface area contributed by atoms with Crippen molar-refractivity contribution in [2.24, 2.45) is 4.99 Å². The molecule has 2 aliphatic rings. The van der Waals surface area contributed by atoms with Crippen molar-refractivity contribution in [2.75, 3.05) is 31.5 Å². The number of benzene rings is 1. The summed E-state index contributed by atoms with van der Waals surface area (Å²) >= 11 is 0. The molecule has 0 aromatic heterocycles. The Morgan fingerprint density at radius 3 is 2.60 bits per heavy atom. The molecule has 2 N–H and O–H groups in total. The average Bonchev–Trinajstić information content (AvgIpc) is 3.21. The molecule has 0 spiro atoms. The Morgan fingerprint density at radius 1 is 1.17 bits per heavy atom. The van der Waals surface area contributed by atoms with Gasteiger partial charge in [-0.15, -0.1) is 0 Å². The molecule has 0 bridgehead atoms. The molecule has 1 atom stereocenters. The highest BCUT2D eigenvalue weighted by Gasteiger charge is 2.30. The Labute approximate surface area is 177 Å². The molecule has 160 valence electrons. The number of hydrogen-bond donors (Lipinski definition) is 2. The summed E-state index contributed by atoms with van der Waals surface area (Å²) in [5.74, 6) is 0.0973. The number of aryl methyl sites for hydroxylation is 2. The molecule has 2 fully saturated rings. The van der Waals surface area contributed by atoms with Gasteiger partial charge in [-0.2, -0.15) is 5.26 Å². The monoisotopic (exact) mass is 410 g/mol. The molecular formula is C22H30N6O2. The van der Waals surface area contributed by atoms with Crippen LogP contribution in [0.4, 0.5) is 5.69 Å². The lowest BCUT2D eigenvalue weighted by Gasteiger charge is -2.25. The summed E-state index contributed by atoms with van der Waals surface area (Å²) in [6.45, 7) is 6.27. The summed E-state index contributed by atoms with van der Waals surface area (Å²) < 4.78 is 0. The number of aliphatic imine (C=N–C) groups is 1. The Morgan fingerprint density at radius 2 is 1.90 bits per heavy atom. The SMILES string of the molecule is Cc1ccc(NC(=NC2CCCCN(CC(=O)N3CCCC3)C2=O)NC#N)cc1C. The van der Waals surface area contributed by atoms with Crippen molar-refractivity contribution in [1.29, 1.82) is 5.26 Å². The summed E-state index contributed by atoms with van der Waals surface area (Å²) in [7, 11) is 0. The van der Waals surface area contributed by atoms with Gasteiger partial charge in [0.2, 0.25) is 17.8 Å². The van der Waals surface area contributed by atoms with Crippen LogP contribution in [-0.4, -0.2) is 59.8 Å². The van der Waals surface area contributed by atoms with Crippen molar-refractivity contribution < 1.29 is 9.59 Å². The van der Waals surface area contributed by atoms with E-state index in [9.17, 15) is 9.59 Å². The summed E-state index contributed by atoms with van der Waals surface area (Å²) in [6, 6.07) is 5.25. The van der Waals surface area contributed by atoms with Crippen molar-refractivity contribution in [2.45, 2.75) is 52.0 Å². The quantitative estimate of drug-likeness (QED) is 0.343. The third-order valence-corrected chi connectivity index (χ3v) is 5.77. The number of carbonyl (C=O) groups is 2. The number of likely N-dealkylation sites (tertiary alicyclic amines) is 2. The minimum Gasteiger partial charge on any atom is -0.341 e. The molecular weight excluding hydrogens is 380 g/mol. The van der Waals surface area contributed by atoms with Gasteiger partial charge in [0.1, 0.15) is 6.04 Å². The van der Waals surface area contributed by atoms with E-state index in [0.29, 0.717) is 13.0 Å². The Hall–Kier alpha value is -3.08. The van der Waals surface area contributed by atoms with Gasteiger partial charge in [-0.3, -0.25) is 14.9 Å². The van der Waals surface area contributed by atoms with Crippen LogP contribution in [0.3, 0.4) is 0 Å². The predicted octanol–water partition coefficient (Wildman–Crippen LogP) is 2.15. The maximum absolute atomic E-state index is 13.1. The van der Waals surface area contributed by atoms with Gasteiger partial charge < -0.3 is 15.1 Å². The van der Waals surface area contributed by atoms with Crippen LogP contribution in [-0.2, 0) is 9.59 Å². The van der Waals surface area contributed by atoms with Gasteiger partial charge >= 0.3 is 0 Å². The minimum absolute atomic E-state index is 0.00843. The summed E-state index contributed by atoms with van der Waals surface area (Å²) in [6.07, 6.45) is 6.23. The van der Waals surface area contributed by atoms with Crippen LogP contribution in [0.5, 0.6) is 0 Å². The zero-order valence-corrected chi connectivity index (χ0v) is 17.8. The highest BCUT2D eigenvalue weighted by atomic mass is 16.2. The molecule has 2 amide bonds. The first-order chi connectivity index (χ1) is 14.5. The highest BCUT2D eigenvalue weighted by molar-refractivity contribution is 5.97. The van der Waals surface area contributed by atoms with Crippen LogP contribution < -0.4 is 10.6 Å². The van der Waals surface area contributed by atoms with Gasteiger partial charge in [-0.25, -0.2) is 4.99 Å². The summed E-state index contributed by atoms with van der Waals surface area (Å²) in [5, 5.41) is 14.8. The van der Waals surface area contributed by atoms with Crippen molar-refractivity contribution >= 4 is 23.5 Å². The zero-order chi connectivity index (χ0) is 21.5. The molecule has 3 rings (SSSR count). The van der Waals surface area contributed by atoms with Crippen LogP contribution in [0.2, 0.25) is 0 Å². The Balaban J connectivity index is 1.73. The average molecular weight is 411 g/mol. The van der Waals surface area contributed by atoms with Gasteiger partial charge in [-0.1, -0.05) is 6.07 Å². The van der Waals surface area contributed by atoms with E-state index in [-0.39, 0.29) is 24.3 Å². The molecule has 1 aromatic rings. The fourth-order valence-corrected chi connectivity index (χ4v) is 3.85. The number of nitriles is 1. The molecule has 0 saturated carbocycles. The number of guanidine groups is 1. The van der Waals surface area contributed by atoms with Gasteiger partial charge in [0.05, 0.1) is 6.54 Å². The lowest BCUT2D eigenvalue weighted by Crippen LogP contribution is -2.45. The predicted molar refractivity (Wildman–Crippen MR) is 116 cm³/mol. The maximum atomic E-state index is 13.1. The van der Waals surface area contributed by atoms with E-state index in [2.05, 4.69) is 15.6 Å². The topological polar surface area (TPSA) is 101 Å². The molecule has 0 radical (unpaired) electrons. The zero-order valence-electron chi connectivity index (χ0n) is 17.8. The number of hydrogen-bond acceptors (Lipinski definition) is 4. The van der Waals surface area contributed by atoms with E-state index in [1.54, 1.807) is 4.90 Å². The third kappa shape index (κ3) is 5.50. The number of nitrogens with one attached hydrogen (secondary N) is 2. The fourth-order valence-electron chi connectivity index (χ4n) is 3.85. The molecule has 1 unspecified atom stereocenters. The second kappa shape index (κ2) is 10.1. The Bertz CT molecular complexity index is 854. The molecule has 2 saturated heterocycles. The Kier molecular flexibility index (Phi) is 7.28. The van der Waals surface area contributed by atoms with Crippen LogP contribution in [0.15, 0.2) is 23.2 Å². The maximum Gasteiger partial charge on any atom is 0.247 e. The third-order valence-electron chi connectivity index (χ3n) is 5.77. The molecule has 0 aliphatic carbocycles. The first kappa shape index (κ1) is 21.6. The number of nitrogens with zero attached hydrogens (tertiary/aromatic N) is 4. The highest BCUT2D eigenvalue weighted by Crippen LogP contribution is 2.18. The van der Waals surface area contributed by atoms with Crippen LogP contribution in [0.1, 0.15) is 43.2 Å². The van der Waals surface area contributed by atoms with Crippen LogP contribution in [0, 0.1) is 25.3 Å². The first-order valence-electron chi connectivity index (χ1n) is 10.6. The van der Waals surface area contributed by atoms with Gasteiger partial charge in [0.15, 0.2) is 6.19 Å². The largest absolute Gasteiger partial charge is 0.341 e. The summed E-state index contributed by atoms with van der Waals surface area (Å²) in [4.78, 5) is 33.6. The van der Waals surface area contributed by atoms with E-state index >= 15 is 0 Å². The number of rotatable bonds is 4. The molecule has 2 aliphatic heterocycles. The first-order valence-corrected chi connectivity index (χ1v) is 10.6. The van der Waals surface area contributed by atoms with E-state index in [4.69, 9.17) is 5.26 Å². The minimum atomic E-state index is -0.617. The van der Waals surface area contributed by atoms with E-state index < -0.39 is 6.04 Å². The molecule has 8 heteroatoms. The van der Waals surface area contributed by atoms with Crippen molar-refractivity contribution in [3.63, 3.8) is 0 Å². The van der Waals surface area contributed by atoms with E-state index in [1.807, 2.05) is 43.1 Å². The normalized spacial score (nSPS) is 20.0. The van der Waals surface area contributed by atoms with Gasteiger partial charge in [0, 0.05) is 25.3 Å². The number of amides is 2. The fraction of sp³-hybridized carbons (Fsp3) is 0.545. The van der Waals surface area contributed by atoms with Crippen molar-refractivity contribution in [3.05, 3.63) is 29.3 Å². The summed E-state index contributed by atoms with van der Waals surface area (Å²) in [5.41, 5.74) is 3.08. The van der Waals surface area contributed by atoms with Gasteiger partial charge in [0.25, 0.3) is 0 Å². The lowest BCUT2D eigenvalue weighted by molar-refractivity contribution is -0.140. The van der Waals surface area contributed by atoms with E-state index in [1.165, 1.54) is 5.56 Å². The van der Waals surface area contributed by atoms with Crippen LogP contribution in [0.25, 0.3) is 0 Å². The van der Waals surface area contributed by atoms with Gasteiger partial charge in [-0.05, 0) is 69.2 Å². The standard InChI is InChI=1S/C22H30N6O2/c1-16-8-9-18(13-17(16)2)25-22(24-15-23)26-19-7-3-4-12-28(21(19)30)14-20(29)27-10-5-6-11-27/h8-9,13,19H,3-7,10-12,14H2,1-2H3,(H2,24,25,26). The lowest BCUT2D eigenvalue weighted by atomic mass is 10.1. The number of carbonyl (C=O) groups excluding carboxylic acids is 2. The molecule has 1 aromatic carbocycles. The van der Waals surface area contributed by atoms with Crippen molar-refractivity contribution in [1.82, 2.24) is 15.1 Å². The molecule has 2 heterocycles. The smallest absolute Gasteiger partial charge is 0.247 e. The van der Waals surface area contributed by atoms with Crippen molar-refractivity contribution in [3.8, 4) is 6.19 Å². The van der Waals surface area contributed by atoms with E-state index in [0.717, 1.165) is 50.0 Å².